The molecule has 2 rings (SSSR count). The molecule has 5 heteroatoms. The molecule has 0 fully saturated rings. The van der Waals surface area contributed by atoms with Gasteiger partial charge in [0.2, 0.25) is 5.82 Å². The van der Waals surface area contributed by atoms with E-state index in [4.69, 9.17) is 9.84 Å². The molecule has 2 aromatic rings. The standard InChI is InChI=1S/C13H14N2O3/c1-3-4-10-9-7-8(18-2)5-6-11(9)15-12(14-10)13(16)17/h5-7H,3-4H2,1-2H3,(H,16,17). The Labute approximate surface area is 104 Å². The number of hydrogen-bond donors (Lipinski definition) is 1. The minimum absolute atomic E-state index is 0.156. The Morgan fingerprint density at radius 3 is 2.78 bits per heavy atom. The lowest BCUT2D eigenvalue weighted by Gasteiger charge is -2.07. The van der Waals surface area contributed by atoms with Crippen LogP contribution >= 0.6 is 0 Å². The number of aromatic nitrogens is 2. The van der Waals surface area contributed by atoms with E-state index in [2.05, 4.69) is 9.97 Å². The van der Waals surface area contributed by atoms with Gasteiger partial charge < -0.3 is 9.84 Å². The first-order chi connectivity index (χ1) is 8.65. The van der Waals surface area contributed by atoms with E-state index >= 15 is 0 Å². The van der Waals surface area contributed by atoms with Crippen LogP contribution in [0, 0.1) is 0 Å². The maximum Gasteiger partial charge on any atom is 0.373 e. The second kappa shape index (κ2) is 5.00. The monoisotopic (exact) mass is 246 g/mol. The third kappa shape index (κ3) is 2.25. The summed E-state index contributed by atoms with van der Waals surface area (Å²) in [6.45, 7) is 2.02. The summed E-state index contributed by atoms with van der Waals surface area (Å²) in [6, 6.07) is 5.35. The van der Waals surface area contributed by atoms with E-state index in [1.807, 2.05) is 13.0 Å². The fourth-order valence-corrected chi connectivity index (χ4v) is 1.82. The third-order valence-electron chi connectivity index (χ3n) is 2.66. The summed E-state index contributed by atoms with van der Waals surface area (Å²) in [5, 5.41) is 9.84. The van der Waals surface area contributed by atoms with Crippen LogP contribution in [-0.2, 0) is 6.42 Å². The number of carbonyl (C=O) groups is 1. The highest BCUT2D eigenvalue weighted by atomic mass is 16.5. The Bertz CT molecular complexity index is 596. The molecule has 5 nitrogen and oxygen atoms in total. The van der Waals surface area contributed by atoms with Crippen molar-refractivity contribution < 1.29 is 14.6 Å². The van der Waals surface area contributed by atoms with Gasteiger partial charge in [-0.1, -0.05) is 13.3 Å². The molecule has 18 heavy (non-hydrogen) atoms. The van der Waals surface area contributed by atoms with E-state index in [9.17, 15) is 4.79 Å². The van der Waals surface area contributed by atoms with Gasteiger partial charge in [-0.25, -0.2) is 14.8 Å². The minimum Gasteiger partial charge on any atom is -0.497 e. The van der Waals surface area contributed by atoms with Gasteiger partial charge in [0, 0.05) is 5.39 Å². The molecule has 94 valence electrons. The zero-order chi connectivity index (χ0) is 13.1. The highest BCUT2D eigenvalue weighted by Crippen LogP contribution is 2.22. The number of ether oxygens (including phenoxy) is 1. The first-order valence-electron chi connectivity index (χ1n) is 5.73. The molecule has 0 aliphatic heterocycles. The normalized spacial score (nSPS) is 10.6. The smallest absolute Gasteiger partial charge is 0.373 e. The average Bonchev–Trinajstić information content (AvgIpc) is 2.38. The predicted octanol–water partition coefficient (Wildman–Crippen LogP) is 2.29. The Morgan fingerprint density at radius 1 is 1.39 bits per heavy atom. The van der Waals surface area contributed by atoms with Crippen molar-refractivity contribution in [3.05, 3.63) is 29.7 Å². The van der Waals surface area contributed by atoms with Gasteiger partial charge in [-0.3, -0.25) is 0 Å². The van der Waals surface area contributed by atoms with Crippen LogP contribution in [0.4, 0.5) is 0 Å². The van der Waals surface area contributed by atoms with Crippen molar-refractivity contribution in [3.8, 4) is 5.75 Å². The number of rotatable bonds is 4. The van der Waals surface area contributed by atoms with Crippen molar-refractivity contribution in [1.82, 2.24) is 9.97 Å². The molecule has 0 radical (unpaired) electrons. The van der Waals surface area contributed by atoms with Gasteiger partial charge in [0.15, 0.2) is 0 Å². The van der Waals surface area contributed by atoms with Crippen molar-refractivity contribution in [2.45, 2.75) is 19.8 Å². The van der Waals surface area contributed by atoms with E-state index < -0.39 is 5.97 Å². The Kier molecular flexibility index (Phi) is 3.41. The van der Waals surface area contributed by atoms with Gasteiger partial charge in [-0.2, -0.15) is 0 Å². The first kappa shape index (κ1) is 12.3. The summed E-state index contributed by atoms with van der Waals surface area (Å²) in [7, 11) is 1.59. The summed E-state index contributed by atoms with van der Waals surface area (Å²) in [4.78, 5) is 19.1. The topological polar surface area (TPSA) is 72.3 Å². The van der Waals surface area contributed by atoms with Crippen LogP contribution in [0.5, 0.6) is 5.75 Å². The second-order valence-corrected chi connectivity index (χ2v) is 3.93. The fourth-order valence-electron chi connectivity index (χ4n) is 1.82. The van der Waals surface area contributed by atoms with Crippen LogP contribution in [0.25, 0.3) is 10.9 Å². The third-order valence-corrected chi connectivity index (χ3v) is 2.66. The van der Waals surface area contributed by atoms with Crippen LogP contribution in [0.1, 0.15) is 29.7 Å². The molecule has 0 saturated carbocycles. The average molecular weight is 246 g/mol. The highest BCUT2D eigenvalue weighted by molar-refractivity contribution is 5.89. The number of carboxylic acid groups (broad SMARTS) is 1. The van der Waals surface area contributed by atoms with E-state index in [1.54, 1.807) is 19.2 Å². The maximum atomic E-state index is 11.0. The maximum absolute atomic E-state index is 11.0. The van der Waals surface area contributed by atoms with Crippen molar-refractivity contribution in [3.63, 3.8) is 0 Å². The van der Waals surface area contributed by atoms with Gasteiger partial charge in [-0.05, 0) is 24.6 Å². The molecule has 0 saturated heterocycles. The Morgan fingerprint density at radius 2 is 2.17 bits per heavy atom. The summed E-state index contributed by atoms with van der Waals surface area (Å²) in [5.74, 6) is -0.548. The SMILES string of the molecule is CCCc1nc(C(=O)O)nc2ccc(OC)cc12. The zero-order valence-corrected chi connectivity index (χ0v) is 10.3. The van der Waals surface area contributed by atoms with Gasteiger partial charge in [0.25, 0.3) is 0 Å². The summed E-state index contributed by atoms with van der Waals surface area (Å²) in [5.41, 5.74) is 1.38. The lowest BCUT2D eigenvalue weighted by atomic mass is 10.1. The number of fused-ring (bicyclic) bond motifs is 1. The summed E-state index contributed by atoms with van der Waals surface area (Å²) < 4.78 is 5.16. The number of aryl methyl sites for hydroxylation is 1. The van der Waals surface area contributed by atoms with Gasteiger partial charge in [0.1, 0.15) is 5.75 Å². The van der Waals surface area contributed by atoms with Crippen molar-refractivity contribution >= 4 is 16.9 Å². The second-order valence-electron chi connectivity index (χ2n) is 3.93. The number of nitrogens with zero attached hydrogens (tertiary/aromatic N) is 2. The van der Waals surface area contributed by atoms with Crippen LogP contribution in [0.3, 0.4) is 0 Å². The Hall–Kier alpha value is -2.17. The molecule has 1 N–H and O–H groups in total. The molecular formula is C13H14N2O3. The van der Waals surface area contributed by atoms with Crippen molar-refractivity contribution in [2.24, 2.45) is 0 Å². The minimum atomic E-state index is -1.11. The van der Waals surface area contributed by atoms with Crippen LogP contribution in [0.2, 0.25) is 0 Å². The predicted molar refractivity (Wildman–Crippen MR) is 67.0 cm³/mol. The van der Waals surface area contributed by atoms with Crippen molar-refractivity contribution in [1.29, 1.82) is 0 Å². The van der Waals surface area contributed by atoms with Gasteiger partial charge in [0.05, 0.1) is 18.3 Å². The molecule has 0 spiro atoms. The van der Waals surface area contributed by atoms with Crippen LogP contribution in [-0.4, -0.2) is 28.2 Å². The van der Waals surface area contributed by atoms with Crippen LogP contribution in [0.15, 0.2) is 18.2 Å². The van der Waals surface area contributed by atoms with E-state index in [-0.39, 0.29) is 5.82 Å². The number of methoxy groups -OCH3 is 1. The quantitative estimate of drug-likeness (QED) is 0.896. The number of hydrogen-bond acceptors (Lipinski definition) is 4. The van der Waals surface area contributed by atoms with E-state index in [0.29, 0.717) is 17.7 Å². The lowest BCUT2D eigenvalue weighted by Crippen LogP contribution is -2.07. The molecule has 0 atom stereocenters. The molecular weight excluding hydrogens is 232 g/mol. The van der Waals surface area contributed by atoms with Gasteiger partial charge in [-0.15, -0.1) is 0 Å². The molecule has 0 amide bonds. The molecule has 1 aromatic carbocycles. The molecule has 1 heterocycles. The molecule has 0 bridgehead atoms. The number of carboxylic acids is 1. The highest BCUT2D eigenvalue weighted by Gasteiger charge is 2.12. The number of aromatic carboxylic acids is 1. The zero-order valence-electron chi connectivity index (χ0n) is 10.3. The van der Waals surface area contributed by atoms with E-state index in [0.717, 1.165) is 17.5 Å². The molecule has 0 aliphatic carbocycles. The largest absolute Gasteiger partial charge is 0.497 e. The first-order valence-corrected chi connectivity index (χ1v) is 5.73. The Balaban J connectivity index is 2.68. The fraction of sp³-hybridized carbons (Fsp3) is 0.308. The van der Waals surface area contributed by atoms with E-state index in [1.165, 1.54) is 0 Å². The molecule has 1 aromatic heterocycles. The van der Waals surface area contributed by atoms with Crippen molar-refractivity contribution in [2.75, 3.05) is 7.11 Å². The molecule has 0 aliphatic rings. The van der Waals surface area contributed by atoms with Crippen LogP contribution < -0.4 is 4.74 Å². The summed E-state index contributed by atoms with van der Waals surface area (Å²) in [6.07, 6.45) is 1.61. The molecule has 0 unspecified atom stereocenters. The lowest BCUT2D eigenvalue weighted by molar-refractivity contribution is 0.0683. The summed E-state index contributed by atoms with van der Waals surface area (Å²) >= 11 is 0. The van der Waals surface area contributed by atoms with Gasteiger partial charge >= 0.3 is 5.97 Å². The number of benzene rings is 1.